The number of aliphatic carboxylic acids is 1. The van der Waals surface area contributed by atoms with E-state index in [2.05, 4.69) is 5.32 Å². The number of nitrogens with one attached hydrogen (secondary N) is 1. The highest BCUT2D eigenvalue weighted by Gasteiger charge is 2.46. The van der Waals surface area contributed by atoms with Gasteiger partial charge < -0.3 is 10.4 Å². The van der Waals surface area contributed by atoms with Crippen molar-refractivity contribution in [3.05, 3.63) is 53.0 Å². The number of benzene rings is 1. The van der Waals surface area contributed by atoms with Crippen molar-refractivity contribution in [3.8, 4) is 0 Å². The van der Waals surface area contributed by atoms with Gasteiger partial charge in [-0.05, 0) is 42.2 Å². The minimum Gasteiger partial charge on any atom is -0.481 e. The Bertz CT molecular complexity index is 749. The fourth-order valence-corrected chi connectivity index (χ4v) is 3.40. The summed E-state index contributed by atoms with van der Waals surface area (Å²) in [5.74, 6) is -2.41. The zero-order valence-electron chi connectivity index (χ0n) is 15.0. The molecule has 1 amide bonds. The smallest absolute Gasteiger partial charge is 0.313 e. The number of carbonyl (C=O) groups is 2. The van der Waals surface area contributed by atoms with Crippen molar-refractivity contribution in [2.24, 2.45) is 11.3 Å². The molecule has 25 heavy (non-hydrogen) atoms. The van der Waals surface area contributed by atoms with Gasteiger partial charge in [0.2, 0.25) is 5.91 Å². The monoisotopic (exact) mass is 345 g/mol. The molecular weight excluding hydrogens is 321 g/mol. The molecule has 1 aromatic rings. The first-order valence-electron chi connectivity index (χ1n) is 8.46. The summed E-state index contributed by atoms with van der Waals surface area (Å²) < 4.78 is 13.3. The summed E-state index contributed by atoms with van der Waals surface area (Å²) in [4.78, 5) is 24.0. The molecule has 1 aromatic carbocycles. The molecule has 0 heterocycles. The molecule has 0 aliphatic heterocycles. The Morgan fingerprint density at radius 3 is 2.32 bits per heavy atom. The zero-order chi connectivity index (χ0) is 18.8. The Morgan fingerprint density at radius 2 is 1.84 bits per heavy atom. The van der Waals surface area contributed by atoms with E-state index in [1.807, 2.05) is 19.9 Å². The molecule has 2 rings (SSSR count). The normalized spacial score (nSPS) is 23.2. The first kappa shape index (κ1) is 18.9. The molecule has 0 aromatic heterocycles. The van der Waals surface area contributed by atoms with Crippen LogP contribution >= 0.6 is 0 Å². The molecular formula is C20H24FNO3. The lowest BCUT2D eigenvalue weighted by Gasteiger charge is -2.42. The largest absolute Gasteiger partial charge is 0.481 e. The molecule has 0 fully saturated rings. The highest BCUT2D eigenvalue weighted by Crippen LogP contribution is 2.50. The van der Waals surface area contributed by atoms with Crippen molar-refractivity contribution in [2.45, 2.75) is 40.5 Å². The standard InChI is InChI=1S/C20H24FNO3/c1-5-16(23)22-18-12(3)11-15(13-7-9-14(21)10-8-13)20(4,6-2)17(18)19(24)25/h7-11,17H,5-6H2,1-4H3,(H,22,23)(H,24,25). The van der Waals surface area contributed by atoms with Crippen LogP contribution in [0.4, 0.5) is 4.39 Å². The van der Waals surface area contributed by atoms with Gasteiger partial charge in [0, 0.05) is 17.5 Å². The van der Waals surface area contributed by atoms with Crippen LogP contribution in [-0.2, 0) is 9.59 Å². The van der Waals surface area contributed by atoms with E-state index in [1.54, 1.807) is 26.0 Å². The van der Waals surface area contributed by atoms with Crippen molar-refractivity contribution >= 4 is 17.4 Å². The highest BCUT2D eigenvalue weighted by molar-refractivity contribution is 5.87. The van der Waals surface area contributed by atoms with Gasteiger partial charge in [-0.2, -0.15) is 0 Å². The molecule has 5 heteroatoms. The third kappa shape index (κ3) is 3.50. The number of rotatable bonds is 5. The van der Waals surface area contributed by atoms with E-state index in [4.69, 9.17) is 0 Å². The van der Waals surface area contributed by atoms with Crippen LogP contribution < -0.4 is 5.32 Å². The Balaban J connectivity index is 2.65. The van der Waals surface area contributed by atoms with Crippen LogP contribution in [-0.4, -0.2) is 17.0 Å². The van der Waals surface area contributed by atoms with Gasteiger partial charge in [-0.25, -0.2) is 4.39 Å². The minimum atomic E-state index is -0.984. The van der Waals surface area contributed by atoms with E-state index in [0.29, 0.717) is 17.7 Å². The van der Waals surface area contributed by atoms with E-state index in [0.717, 1.165) is 11.1 Å². The lowest BCUT2D eigenvalue weighted by molar-refractivity contribution is -0.143. The molecule has 0 spiro atoms. The number of hydrogen-bond donors (Lipinski definition) is 2. The second kappa shape index (κ2) is 7.21. The molecule has 0 bridgehead atoms. The average Bonchev–Trinajstić information content (AvgIpc) is 2.58. The topological polar surface area (TPSA) is 66.4 Å². The van der Waals surface area contributed by atoms with E-state index in [-0.39, 0.29) is 18.1 Å². The number of carboxylic acid groups (broad SMARTS) is 1. The van der Waals surface area contributed by atoms with Crippen molar-refractivity contribution in [1.82, 2.24) is 5.32 Å². The number of hydrogen-bond acceptors (Lipinski definition) is 2. The maximum atomic E-state index is 13.3. The SMILES string of the molecule is CCC(=O)NC1=C(C)C=C(c2ccc(F)cc2)C(C)(CC)C1C(=O)O. The van der Waals surface area contributed by atoms with Gasteiger partial charge in [0.05, 0.1) is 0 Å². The summed E-state index contributed by atoms with van der Waals surface area (Å²) in [6.07, 6.45) is 2.74. The minimum absolute atomic E-state index is 0.210. The lowest BCUT2D eigenvalue weighted by atomic mass is 9.63. The highest BCUT2D eigenvalue weighted by atomic mass is 19.1. The Morgan fingerprint density at radius 1 is 1.24 bits per heavy atom. The Labute approximate surface area is 147 Å². The Kier molecular flexibility index (Phi) is 5.45. The summed E-state index contributed by atoms with van der Waals surface area (Å²) in [6, 6.07) is 6.07. The van der Waals surface area contributed by atoms with Gasteiger partial charge in [0.25, 0.3) is 0 Å². The summed E-state index contributed by atoms with van der Waals surface area (Å²) in [5.41, 5.74) is 2.06. The molecule has 1 aliphatic rings. The van der Waals surface area contributed by atoms with E-state index in [9.17, 15) is 19.1 Å². The van der Waals surface area contributed by atoms with Gasteiger partial charge in [-0.3, -0.25) is 9.59 Å². The van der Waals surface area contributed by atoms with Gasteiger partial charge in [-0.1, -0.05) is 39.0 Å². The number of carbonyl (C=O) groups excluding carboxylic acids is 1. The van der Waals surface area contributed by atoms with Gasteiger partial charge in [-0.15, -0.1) is 0 Å². The molecule has 0 saturated carbocycles. The Hall–Kier alpha value is -2.43. The van der Waals surface area contributed by atoms with Crippen LogP contribution in [0, 0.1) is 17.2 Å². The van der Waals surface area contributed by atoms with Gasteiger partial charge in [0.15, 0.2) is 0 Å². The van der Waals surface area contributed by atoms with Gasteiger partial charge >= 0.3 is 5.97 Å². The van der Waals surface area contributed by atoms with Crippen molar-refractivity contribution in [2.75, 3.05) is 0 Å². The fourth-order valence-electron chi connectivity index (χ4n) is 3.40. The van der Waals surface area contributed by atoms with Crippen molar-refractivity contribution < 1.29 is 19.1 Å². The lowest BCUT2D eigenvalue weighted by Crippen LogP contribution is -2.43. The van der Waals surface area contributed by atoms with Gasteiger partial charge in [0.1, 0.15) is 11.7 Å². The molecule has 2 atom stereocenters. The maximum absolute atomic E-state index is 13.3. The third-order valence-electron chi connectivity index (χ3n) is 5.06. The van der Waals surface area contributed by atoms with Crippen LogP contribution in [0.1, 0.15) is 46.1 Å². The van der Waals surface area contributed by atoms with Crippen LogP contribution in [0.5, 0.6) is 0 Å². The van der Waals surface area contributed by atoms with Crippen molar-refractivity contribution in [3.63, 3.8) is 0 Å². The van der Waals surface area contributed by atoms with E-state index >= 15 is 0 Å². The van der Waals surface area contributed by atoms with Crippen molar-refractivity contribution in [1.29, 1.82) is 0 Å². The van der Waals surface area contributed by atoms with Crippen LogP contribution in [0.3, 0.4) is 0 Å². The molecule has 0 radical (unpaired) electrons. The summed E-state index contributed by atoms with van der Waals surface area (Å²) in [6.45, 7) is 7.32. The predicted octanol–water partition coefficient (Wildman–Crippen LogP) is 4.14. The second-order valence-electron chi connectivity index (χ2n) is 6.61. The fraction of sp³-hybridized carbons (Fsp3) is 0.400. The van der Waals surface area contributed by atoms with Crippen LogP contribution in [0.2, 0.25) is 0 Å². The predicted molar refractivity (Wildman–Crippen MR) is 95.0 cm³/mol. The number of allylic oxidation sites excluding steroid dienone is 3. The summed E-state index contributed by atoms with van der Waals surface area (Å²) >= 11 is 0. The molecule has 0 saturated heterocycles. The number of carboxylic acids is 1. The van der Waals surface area contributed by atoms with Crippen LogP contribution in [0.15, 0.2) is 41.6 Å². The van der Waals surface area contributed by atoms with Crippen LogP contribution in [0.25, 0.3) is 5.57 Å². The molecule has 4 nitrogen and oxygen atoms in total. The number of amides is 1. The molecule has 2 N–H and O–H groups in total. The quantitative estimate of drug-likeness (QED) is 0.843. The third-order valence-corrected chi connectivity index (χ3v) is 5.06. The summed E-state index contributed by atoms with van der Waals surface area (Å²) in [5, 5.41) is 12.7. The molecule has 134 valence electrons. The molecule has 2 unspecified atom stereocenters. The molecule has 1 aliphatic carbocycles. The summed E-state index contributed by atoms with van der Waals surface area (Å²) in [7, 11) is 0. The zero-order valence-corrected chi connectivity index (χ0v) is 15.0. The van der Waals surface area contributed by atoms with E-state index < -0.39 is 17.3 Å². The average molecular weight is 345 g/mol. The second-order valence-corrected chi connectivity index (χ2v) is 6.61. The van der Waals surface area contributed by atoms with E-state index in [1.165, 1.54) is 12.1 Å². The number of halogens is 1. The first-order chi connectivity index (χ1) is 11.7. The maximum Gasteiger partial charge on any atom is 0.313 e. The first-order valence-corrected chi connectivity index (χ1v) is 8.46.